The lowest BCUT2D eigenvalue weighted by Crippen LogP contribution is -2.13. The van der Waals surface area contributed by atoms with E-state index in [0.717, 1.165) is 10.4 Å². The van der Waals surface area contributed by atoms with Crippen LogP contribution >= 0.6 is 34.7 Å². The van der Waals surface area contributed by atoms with Crippen molar-refractivity contribution < 1.29 is 9.21 Å². The summed E-state index contributed by atoms with van der Waals surface area (Å²) in [6, 6.07) is 5.42. The van der Waals surface area contributed by atoms with Crippen molar-refractivity contribution in [3.05, 3.63) is 34.4 Å². The Morgan fingerprint density at radius 2 is 2.32 bits per heavy atom. The number of fused-ring (bicyclic) bond motifs is 3. The molecule has 0 aliphatic heterocycles. The minimum Gasteiger partial charge on any atom is -0.429 e. The molecule has 126 valence electrons. The number of carbonyl (C=O) groups excluding carboxylic acids is 1. The van der Waals surface area contributed by atoms with Gasteiger partial charge in [-0.3, -0.25) is 15.1 Å². The molecule has 1 aromatic carbocycles. The number of thioether (sulfide) groups is 1. The van der Waals surface area contributed by atoms with Gasteiger partial charge in [0, 0.05) is 11.6 Å². The van der Waals surface area contributed by atoms with E-state index in [2.05, 4.69) is 25.5 Å². The highest BCUT2D eigenvalue weighted by Gasteiger charge is 2.15. The summed E-state index contributed by atoms with van der Waals surface area (Å²) in [6.07, 6.45) is 1.67. The molecule has 0 atom stereocenters. The molecular formula is C15H10ClN5O2S2. The Morgan fingerprint density at radius 1 is 1.44 bits per heavy atom. The zero-order chi connectivity index (χ0) is 17.4. The van der Waals surface area contributed by atoms with Crippen molar-refractivity contribution in [1.29, 1.82) is 0 Å². The van der Waals surface area contributed by atoms with Crippen molar-refractivity contribution >= 4 is 67.7 Å². The highest BCUT2D eigenvalue weighted by molar-refractivity contribution is 7.99. The van der Waals surface area contributed by atoms with Crippen molar-refractivity contribution in [1.82, 2.24) is 20.2 Å². The minimum atomic E-state index is -0.204. The van der Waals surface area contributed by atoms with E-state index >= 15 is 0 Å². The van der Waals surface area contributed by atoms with Crippen LogP contribution in [0.3, 0.4) is 0 Å². The number of nitrogens with zero attached hydrogens (tertiary/aromatic N) is 4. The summed E-state index contributed by atoms with van der Waals surface area (Å²) in [5.41, 5.74) is 1.82. The second-order valence-corrected chi connectivity index (χ2v) is 7.56. The topological polar surface area (TPSA) is 93.8 Å². The average Bonchev–Trinajstić information content (AvgIpc) is 3.19. The third-order valence-electron chi connectivity index (χ3n) is 3.28. The lowest BCUT2D eigenvalue weighted by atomic mass is 10.2. The summed E-state index contributed by atoms with van der Waals surface area (Å²) in [4.78, 5) is 20.7. The summed E-state index contributed by atoms with van der Waals surface area (Å²) in [6.45, 7) is 1.82. The predicted octanol–water partition coefficient (Wildman–Crippen LogP) is 3.92. The Labute approximate surface area is 154 Å². The maximum absolute atomic E-state index is 12.0. The van der Waals surface area contributed by atoms with Crippen LogP contribution < -0.4 is 5.32 Å². The number of oxazole rings is 1. The fraction of sp³-hybridized carbons (Fsp3) is 0.133. The predicted molar refractivity (Wildman–Crippen MR) is 98.3 cm³/mol. The largest absolute Gasteiger partial charge is 0.429 e. The number of hydrogen-bond acceptors (Lipinski definition) is 8. The quantitative estimate of drug-likeness (QED) is 0.527. The summed E-state index contributed by atoms with van der Waals surface area (Å²) in [5.74, 6) is -0.0608. The smallest absolute Gasteiger partial charge is 0.257 e. The summed E-state index contributed by atoms with van der Waals surface area (Å²) >= 11 is 8.77. The Hall–Kier alpha value is -2.23. The molecule has 3 aromatic heterocycles. The van der Waals surface area contributed by atoms with E-state index in [1.807, 2.05) is 19.1 Å². The molecule has 4 aromatic rings. The summed E-state index contributed by atoms with van der Waals surface area (Å²) < 4.78 is 5.77. The van der Waals surface area contributed by atoms with Crippen LogP contribution in [-0.4, -0.2) is 31.8 Å². The number of aryl methyl sites for hydroxylation is 1. The van der Waals surface area contributed by atoms with Crippen molar-refractivity contribution in [3.8, 4) is 0 Å². The monoisotopic (exact) mass is 391 g/mol. The normalized spacial score (nSPS) is 11.3. The molecule has 0 radical (unpaired) electrons. The Bertz CT molecular complexity index is 1090. The second-order valence-electron chi connectivity index (χ2n) is 5.05. The fourth-order valence-corrected chi connectivity index (χ4v) is 3.74. The van der Waals surface area contributed by atoms with Crippen LogP contribution in [0.4, 0.5) is 5.13 Å². The molecule has 10 heteroatoms. The Kier molecular flexibility index (Phi) is 4.28. The van der Waals surface area contributed by atoms with Gasteiger partial charge >= 0.3 is 0 Å². The van der Waals surface area contributed by atoms with Gasteiger partial charge in [-0.2, -0.15) is 0 Å². The van der Waals surface area contributed by atoms with Gasteiger partial charge in [-0.15, -0.1) is 10.2 Å². The van der Waals surface area contributed by atoms with Gasteiger partial charge in [0.15, 0.2) is 5.58 Å². The fourth-order valence-electron chi connectivity index (χ4n) is 2.25. The Balaban J connectivity index is 1.54. The molecular weight excluding hydrogens is 382 g/mol. The standard InChI is InChI=1S/C15H10ClN5O2S2/c1-7-20-21-14(25-7)19-11(22)6-24-15-18-10-5-9(16)8-3-2-4-17-12(8)13(10)23-15/h2-5H,6H2,1H3,(H,19,21,22). The van der Waals surface area contributed by atoms with E-state index in [4.69, 9.17) is 16.0 Å². The van der Waals surface area contributed by atoms with Crippen molar-refractivity contribution in [3.63, 3.8) is 0 Å². The van der Waals surface area contributed by atoms with Gasteiger partial charge in [0.2, 0.25) is 11.0 Å². The molecule has 7 nitrogen and oxygen atoms in total. The molecule has 0 saturated carbocycles. The number of pyridine rings is 1. The highest BCUT2D eigenvalue weighted by Crippen LogP contribution is 2.33. The third kappa shape index (κ3) is 3.30. The zero-order valence-corrected chi connectivity index (χ0v) is 15.2. The number of aromatic nitrogens is 4. The first kappa shape index (κ1) is 16.2. The minimum absolute atomic E-state index is 0.143. The van der Waals surface area contributed by atoms with Crippen molar-refractivity contribution in [2.45, 2.75) is 12.1 Å². The number of halogens is 1. The van der Waals surface area contributed by atoms with Crippen LogP contribution in [0.1, 0.15) is 5.01 Å². The van der Waals surface area contributed by atoms with Crippen LogP contribution in [-0.2, 0) is 4.79 Å². The van der Waals surface area contributed by atoms with E-state index in [0.29, 0.717) is 32.0 Å². The number of amides is 1. The van der Waals surface area contributed by atoms with Gasteiger partial charge in [-0.05, 0) is 25.1 Å². The summed E-state index contributed by atoms with van der Waals surface area (Å²) in [5, 5.41) is 13.4. The molecule has 0 aliphatic carbocycles. The van der Waals surface area contributed by atoms with Crippen LogP contribution in [0.5, 0.6) is 0 Å². The first-order chi connectivity index (χ1) is 12.1. The lowest BCUT2D eigenvalue weighted by Gasteiger charge is -1.98. The van der Waals surface area contributed by atoms with E-state index < -0.39 is 0 Å². The van der Waals surface area contributed by atoms with Gasteiger partial charge in [-0.25, -0.2) is 4.98 Å². The number of rotatable bonds is 4. The van der Waals surface area contributed by atoms with Crippen molar-refractivity contribution in [2.24, 2.45) is 0 Å². The van der Waals surface area contributed by atoms with Gasteiger partial charge in [0.1, 0.15) is 16.0 Å². The molecule has 0 unspecified atom stereocenters. The molecule has 3 heterocycles. The van der Waals surface area contributed by atoms with E-state index in [-0.39, 0.29) is 11.7 Å². The SMILES string of the molecule is Cc1nnc(NC(=O)CSc2nc3cc(Cl)c4cccnc4c3o2)s1. The van der Waals surface area contributed by atoms with Gasteiger partial charge in [0.25, 0.3) is 5.22 Å². The molecule has 4 rings (SSSR count). The van der Waals surface area contributed by atoms with E-state index in [9.17, 15) is 4.79 Å². The lowest BCUT2D eigenvalue weighted by molar-refractivity contribution is -0.113. The first-order valence-corrected chi connectivity index (χ1v) is 9.34. The summed E-state index contributed by atoms with van der Waals surface area (Å²) in [7, 11) is 0. The van der Waals surface area contributed by atoms with E-state index in [1.165, 1.54) is 23.1 Å². The molecule has 0 bridgehead atoms. The first-order valence-electron chi connectivity index (χ1n) is 7.16. The van der Waals surface area contributed by atoms with Crippen molar-refractivity contribution in [2.75, 3.05) is 11.1 Å². The molecule has 0 saturated heterocycles. The third-order valence-corrected chi connectivity index (χ3v) is 5.17. The maximum Gasteiger partial charge on any atom is 0.257 e. The molecule has 0 fully saturated rings. The highest BCUT2D eigenvalue weighted by atomic mass is 35.5. The van der Waals surface area contributed by atoms with Gasteiger partial charge in [-0.1, -0.05) is 34.7 Å². The van der Waals surface area contributed by atoms with Crippen LogP contribution in [0.15, 0.2) is 34.0 Å². The second kappa shape index (κ2) is 6.58. The van der Waals surface area contributed by atoms with E-state index in [1.54, 1.807) is 12.3 Å². The molecule has 1 N–H and O–H groups in total. The molecule has 1 amide bonds. The number of nitrogens with one attached hydrogen (secondary N) is 1. The molecule has 0 spiro atoms. The van der Waals surface area contributed by atoms with Gasteiger partial charge in [0.05, 0.1) is 10.8 Å². The maximum atomic E-state index is 12.0. The number of benzene rings is 1. The molecule has 0 aliphatic rings. The number of hydrogen-bond donors (Lipinski definition) is 1. The van der Waals surface area contributed by atoms with Crippen LogP contribution in [0.25, 0.3) is 22.0 Å². The zero-order valence-electron chi connectivity index (χ0n) is 12.8. The Morgan fingerprint density at radius 3 is 3.12 bits per heavy atom. The average molecular weight is 392 g/mol. The molecule has 25 heavy (non-hydrogen) atoms. The van der Waals surface area contributed by atoms with Crippen LogP contribution in [0.2, 0.25) is 5.02 Å². The number of anilines is 1. The van der Waals surface area contributed by atoms with Gasteiger partial charge < -0.3 is 4.42 Å². The van der Waals surface area contributed by atoms with Crippen LogP contribution in [0, 0.1) is 6.92 Å². The number of carbonyl (C=O) groups is 1.